The lowest BCUT2D eigenvalue weighted by atomic mass is 10.2. The number of hydrogen-bond acceptors (Lipinski definition) is 3. The van der Waals surface area contributed by atoms with Gasteiger partial charge in [0.05, 0.1) is 6.61 Å². The molecular formula is C14H20F3NO2. The van der Waals surface area contributed by atoms with E-state index >= 15 is 0 Å². The second kappa shape index (κ2) is 8.11. The minimum absolute atomic E-state index is 0.0884. The quantitative estimate of drug-likeness (QED) is 0.746. The topological polar surface area (TPSA) is 30.5 Å². The predicted octanol–water partition coefficient (Wildman–Crippen LogP) is 3.14. The van der Waals surface area contributed by atoms with Crippen molar-refractivity contribution in [2.45, 2.75) is 32.7 Å². The molecule has 0 saturated heterocycles. The standard InChI is InChI=1S/C14H20F3NO2/c1-3-18-10-12-5-4-6-13(9-12)20-8-7-19-11(2)14(15,16)17/h4-6,9,11,18H,3,7-8,10H2,1-2H3. The van der Waals surface area contributed by atoms with Gasteiger partial charge < -0.3 is 14.8 Å². The van der Waals surface area contributed by atoms with Gasteiger partial charge in [-0.25, -0.2) is 0 Å². The summed E-state index contributed by atoms with van der Waals surface area (Å²) >= 11 is 0. The van der Waals surface area contributed by atoms with E-state index in [1.807, 2.05) is 25.1 Å². The normalized spacial score (nSPS) is 13.2. The van der Waals surface area contributed by atoms with Crippen LogP contribution in [0.1, 0.15) is 19.4 Å². The zero-order chi connectivity index (χ0) is 15.0. The van der Waals surface area contributed by atoms with E-state index in [9.17, 15) is 13.2 Å². The molecule has 0 bridgehead atoms. The van der Waals surface area contributed by atoms with E-state index in [2.05, 4.69) is 10.1 Å². The first kappa shape index (κ1) is 16.8. The smallest absolute Gasteiger partial charge is 0.414 e. The molecule has 6 heteroatoms. The van der Waals surface area contributed by atoms with E-state index < -0.39 is 12.3 Å². The Morgan fingerprint density at radius 3 is 2.65 bits per heavy atom. The van der Waals surface area contributed by atoms with Crippen LogP contribution in [0, 0.1) is 0 Å². The molecule has 1 atom stereocenters. The molecule has 1 unspecified atom stereocenters. The summed E-state index contributed by atoms with van der Waals surface area (Å²) in [5.41, 5.74) is 1.06. The van der Waals surface area contributed by atoms with Crippen LogP contribution in [0.3, 0.4) is 0 Å². The van der Waals surface area contributed by atoms with Crippen LogP contribution >= 0.6 is 0 Å². The summed E-state index contributed by atoms with van der Waals surface area (Å²) in [6.07, 6.45) is -6.10. The van der Waals surface area contributed by atoms with E-state index in [0.29, 0.717) is 5.75 Å². The Balaban J connectivity index is 2.31. The minimum Gasteiger partial charge on any atom is -0.491 e. The largest absolute Gasteiger partial charge is 0.491 e. The molecule has 0 spiro atoms. The van der Waals surface area contributed by atoms with Gasteiger partial charge in [-0.05, 0) is 31.2 Å². The maximum Gasteiger partial charge on any atom is 0.414 e. The molecule has 114 valence electrons. The number of halogens is 3. The second-order valence-electron chi connectivity index (χ2n) is 4.33. The van der Waals surface area contributed by atoms with E-state index in [0.717, 1.165) is 25.6 Å². The van der Waals surface area contributed by atoms with Crippen LogP contribution in [0.2, 0.25) is 0 Å². The fourth-order valence-electron chi connectivity index (χ4n) is 1.49. The number of hydrogen-bond donors (Lipinski definition) is 1. The summed E-state index contributed by atoms with van der Waals surface area (Å²) in [6, 6.07) is 7.43. The fourth-order valence-corrected chi connectivity index (χ4v) is 1.49. The number of nitrogens with one attached hydrogen (secondary N) is 1. The molecule has 0 aromatic heterocycles. The molecule has 0 heterocycles. The van der Waals surface area contributed by atoms with Crippen molar-refractivity contribution in [1.29, 1.82) is 0 Å². The Hall–Kier alpha value is -1.27. The first-order valence-electron chi connectivity index (χ1n) is 6.54. The summed E-state index contributed by atoms with van der Waals surface area (Å²) in [5.74, 6) is 0.628. The highest BCUT2D eigenvalue weighted by Gasteiger charge is 2.36. The van der Waals surface area contributed by atoms with Gasteiger partial charge in [-0.2, -0.15) is 13.2 Å². The lowest BCUT2D eigenvalue weighted by Gasteiger charge is -2.16. The van der Waals surface area contributed by atoms with Crippen molar-refractivity contribution >= 4 is 0 Å². The molecule has 0 aliphatic rings. The summed E-state index contributed by atoms with van der Waals surface area (Å²) in [7, 11) is 0. The highest BCUT2D eigenvalue weighted by Crippen LogP contribution is 2.22. The molecule has 0 aliphatic carbocycles. The van der Waals surface area contributed by atoms with E-state index in [4.69, 9.17) is 4.74 Å². The Labute approximate surface area is 117 Å². The van der Waals surface area contributed by atoms with Crippen molar-refractivity contribution in [3.05, 3.63) is 29.8 Å². The molecular weight excluding hydrogens is 271 g/mol. The third-order valence-corrected chi connectivity index (χ3v) is 2.66. The van der Waals surface area contributed by atoms with Crippen LogP contribution in [-0.2, 0) is 11.3 Å². The molecule has 1 aromatic rings. The van der Waals surface area contributed by atoms with Crippen LogP contribution in [0.5, 0.6) is 5.75 Å². The van der Waals surface area contributed by atoms with Crippen LogP contribution in [0.15, 0.2) is 24.3 Å². The summed E-state index contributed by atoms with van der Waals surface area (Å²) < 4.78 is 46.6. The lowest BCUT2D eigenvalue weighted by Crippen LogP contribution is -2.29. The van der Waals surface area contributed by atoms with Crippen molar-refractivity contribution in [2.24, 2.45) is 0 Å². The van der Waals surface area contributed by atoms with Gasteiger partial charge in [0.15, 0.2) is 6.10 Å². The summed E-state index contributed by atoms with van der Waals surface area (Å²) in [6.45, 7) is 4.59. The Morgan fingerprint density at radius 2 is 2.00 bits per heavy atom. The fraction of sp³-hybridized carbons (Fsp3) is 0.571. The zero-order valence-corrected chi connectivity index (χ0v) is 11.7. The molecule has 0 aliphatic heterocycles. The second-order valence-corrected chi connectivity index (χ2v) is 4.33. The Kier molecular flexibility index (Phi) is 6.81. The van der Waals surface area contributed by atoms with Gasteiger partial charge >= 0.3 is 6.18 Å². The van der Waals surface area contributed by atoms with E-state index in [-0.39, 0.29) is 13.2 Å². The van der Waals surface area contributed by atoms with Crippen LogP contribution in [-0.4, -0.2) is 32.0 Å². The molecule has 0 radical (unpaired) electrons. The number of alkyl halides is 3. The van der Waals surface area contributed by atoms with Crippen molar-refractivity contribution in [3.8, 4) is 5.75 Å². The van der Waals surface area contributed by atoms with Crippen molar-refractivity contribution < 1.29 is 22.6 Å². The monoisotopic (exact) mass is 291 g/mol. The predicted molar refractivity (Wildman–Crippen MR) is 70.8 cm³/mol. The van der Waals surface area contributed by atoms with Gasteiger partial charge in [0, 0.05) is 6.54 Å². The number of ether oxygens (including phenoxy) is 2. The van der Waals surface area contributed by atoms with Gasteiger partial charge in [-0.3, -0.25) is 0 Å². The van der Waals surface area contributed by atoms with Crippen LogP contribution < -0.4 is 10.1 Å². The van der Waals surface area contributed by atoms with Crippen LogP contribution in [0.4, 0.5) is 13.2 Å². The van der Waals surface area contributed by atoms with E-state index in [1.165, 1.54) is 0 Å². The lowest BCUT2D eigenvalue weighted by molar-refractivity contribution is -0.215. The molecule has 1 N–H and O–H groups in total. The zero-order valence-electron chi connectivity index (χ0n) is 11.7. The van der Waals surface area contributed by atoms with Gasteiger partial charge in [0.25, 0.3) is 0 Å². The Bertz CT molecular complexity index is 396. The third-order valence-electron chi connectivity index (χ3n) is 2.66. The maximum atomic E-state index is 12.2. The average molecular weight is 291 g/mol. The first-order chi connectivity index (χ1) is 9.43. The van der Waals surface area contributed by atoms with Gasteiger partial charge in [0.2, 0.25) is 0 Å². The summed E-state index contributed by atoms with van der Waals surface area (Å²) in [5, 5.41) is 3.19. The highest BCUT2D eigenvalue weighted by atomic mass is 19.4. The number of benzene rings is 1. The van der Waals surface area contributed by atoms with Gasteiger partial charge in [-0.15, -0.1) is 0 Å². The molecule has 3 nitrogen and oxygen atoms in total. The summed E-state index contributed by atoms with van der Waals surface area (Å²) in [4.78, 5) is 0. The molecule has 0 amide bonds. The number of rotatable bonds is 8. The molecule has 1 rings (SSSR count). The average Bonchev–Trinajstić information content (AvgIpc) is 2.40. The molecule has 1 aromatic carbocycles. The molecule has 0 fully saturated rings. The molecule has 0 saturated carbocycles. The Morgan fingerprint density at radius 1 is 1.25 bits per heavy atom. The van der Waals surface area contributed by atoms with Crippen molar-refractivity contribution in [3.63, 3.8) is 0 Å². The maximum absolute atomic E-state index is 12.2. The van der Waals surface area contributed by atoms with E-state index in [1.54, 1.807) is 6.07 Å². The first-order valence-corrected chi connectivity index (χ1v) is 6.54. The van der Waals surface area contributed by atoms with Crippen LogP contribution in [0.25, 0.3) is 0 Å². The molecule has 20 heavy (non-hydrogen) atoms. The third kappa shape index (κ3) is 6.25. The van der Waals surface area contributed by atoms with Crippen molar-refractivity contribution in [2.75, 3.05) is 19.8 Å². The van der Waals surface area contributed by atoms with Crippen molar-refractivity contribution in [1.82, 2.24) is 5.32 Å². The SMILES string of the molecule is CCNCc1cccc(OCCOC(C)C(F)(F)F)c1. The van der Waals surface area contributed by atoms with Gasteiger partial charge in [-0.1, -0.05) is 19.1 Å². The highest BCUT2D eigenvalue weighted by molar-refractivity contribution is 5.28. The minimum atomic E-state index is -4.33. The van der Waals surface area contributed by atoms with Gasteiger partial charge in [0.1, 0.15) is 12.4 Å².